The molecule has 0 fully saturated rings. The van der Waals surface area contributed by atoms with Crippen LogP contribution in [0.2, 0.25) is 0 Å². The highest BCUT2D eigenvalue weighted by Crippen LogP contribution is 2.38. The molecule has 2 aliphatic carbocycles. The molecule has 1 aromatic heterocycles. The van der Waals surface area contributed by atoms with Gasteiger partial charge in [0.2, 0.25) is 0 Å². The molecule has 4 rings (SSSR count). The van der Waals surface area contributed by atoms with Gasteiger partial charge in [-0.2, -0.15) is 13.5 Å². The Bertz CT molecular complexity index is 946. The maximum Gasteiger partial charge on any atom is 0.333 e. The molecule has 0 spiro atoms. The number of sulfonamides is 1. The van der Waals surface area contributed by atoms with E-state index in [2.05, 4.69) is 21.2 Å². The molecule has 1 aromatic carbocycles. The third-order valence-electron chi connectivity index (χ3n) is 5.15. The summed E-state index contributed by atoms with van der Waals surface area (Å²) in [5.41, 5.74) is 5.71. The highest BCUT2D eigenvalue weighted by Gasteiger charge is 2.26. The van der Waals surface area contributed by atoms with E-state index < -0.39 is 16.1 Å². The van der Waals surface area contributed by atoms with Gasteiger partial charge in [-0.1, -0.05) is 6.07 Å². The third kappa shape index (κ3) is 2.98. The first-order valence-corrected chi connectivity index (χ1v) is 10.5. The Morgan fingerprint density at radius 2 is 1.81 bits per heavy atom. The number of fused-ring (bicyclic) bond motifs is 2. The second kappa shape index (κ2) is 6.42. The van der Waals surface area contributed by atoms with Gasteiger partial charge in [-0.25, -0.2) is 9.52 Å². The molecule has 0 atom stereocenters. The number of urea groups is 1. The lowest BCUT2D eigenvalue weighted by atomic mass is 9.99. The van der Waals surface area contributed by atoms with Crippen molar-refractivity contribution in [1.82, 2.24) is 14.5 Å². The van der Waals surface area contributed by atoms with Crippen molar-refractivity contribution < 1.29 is 13.2 Å². The van der Waals surface area contributed by atoms with Crippen molar-refractivity contribution >= 4 is 21.7 Å². The summed E-state index contributed by atoms with van der Waals surface area (Å²) in [4.78, 5) is 12.4. The molecule has 2 N–H and O–H groups in total. The van der Waals surface area contributed by atoms with Gasteiger partial charge < -0.3 is 5.32 Å². The zero-order chi connectivity index (χ0) is 18.3. The first kappa shape index (κ1) is 17.1. The standard InChI is InChI=1S/C18H22N4O3S/c1-2-22-10-9-16(20-22)26(24,25)21-18(23)19-17-14-7-3-5-12(14)11-13-6-4-8-15(13)17/h9-11H,2-8H2,1H3,(H2,19,21,23). The predicted octanol–water partition coefficient (Wildman–Crippen LogP) is 2.39. The third-order valence-corrected chi connectivity index (χ3v) is 6.38. The average Bonchev–Trinajstić information content (AvgIpc) is 3.33. The van der Waals surface area contributed by atoms with Gasteiger partial charge in [0.05, 0.1) is 0 Å². The summed E-state index contributed by atoms with van der Waals surface area (Å²) in [7, 11) is -3.99. The van der Waals surface area contributed by atoms with Crippen LogP contribution in [-0.4, -0.2) is 24.2 Å². The number of nitrogens with zero attached hydrogens (tertiary/aromatic N) is 2. The Labute approximate surface area is 152 Å². The predicted molar refractivity (Wildman–Crippen MR) is 97.7 cm³/mol. The normalized spacial score (nSPS) is 15.6. The van der Waals surface area contributed by atoms with E-state index >= 15 is 0 Å². The molecule has 138 valence electrons. The van der Waals surface area contributed by atoms with Crippen LogP contribution in [0.3, 0.4) is 0 Å². The summed E-state index contributed by atoms with van der Waals surface area (Å²) < 4.78 is 28.4. The van der Waals surface area contributed by atoms with Crippen LogP contribution in [0.25, 0.3) is 0 Å². The summed E-state index contributed by atoms with van der Waals surface area (Å²) in [5, 5.41) is 6.63. The fourth-order valence-corrected chi connectivity index (χ4v) is 4.80. The van der Waals surface area contributed by atoms with Gasteiger partial charge in [-0.3, -0.25) is 4.68 Å². The SMILES string of the molecule is CCn1ccc(S(=O)(=O)NC(=O)Nc2c3c(cc4c2CCC4)CCC3)n1. The zero-order valence-electron chi connectivity index (χ0n) is 14.7. The molecule has 2 aliphatic rings. The molecule has 0 aliphatic heterocycles. The summed E-state index contributed by atoms with van der Waals surface area (Å²) in [6.07, 6.45) is 7.60. The van der Waals surface area contributed by atoms with Gasteiger partial charge in [0.15, 0.2) is 5.03 Å². The lowest BCUT2D eigenvalue weighted by Gasteiger charge is -2.16. The van der Waals surface area contributed by atoms with E-state index in [4.69, 9.17) is 0 Å². The largest absolute Gasteiger partial charge is 0.333 e. The maximum atomic E-state index is 12.4. The van der Waals surface area contributed by atoms with Crippen LogP contribution < -0.4 is 10.0 Å². The van der Waals surface area contributed by atoms with E-state index in [0.717, 1.165) is 55.3 Å². The lowest BCUT2D eigenvalue weighted by Crippen LogP contribution is -2.35. The Morgan fingerprint density at radius 1 is 1.15 bits per heavy atom. The second-order valence-corrected chi connectivity index (χ2v) is 8.43. The molecule has 8 heteroatoms. The van der Waals surface area contributed by atoms with Crippen LogP contribution in [0.15, 0.2) is 23.4 Å². The Hall–Kier alpha value is -2.35. The molecule has 2 amide bonds. The number of nitrogens with one attached hydrogen (secondary N) is 2. The molecular formula is C18H22N4O3S. The quantitative estimate of drug-likeness (QED) is 0.859. The van der Waals surface area contributed by atoms with Crippen molar-refractivity contribution in [1.29, 1.82) is 0 Å². The van der Waals surface area contributed by atoms with Crippen molar-refractivity contribution in [3.05, 3.63) is 40.6 Å². The Morgan fingerprint density at radius 3 is 2.38 bits per heavy atom. The highest BCUT2D eigenvalue weighted by molar-refractivity contribution is 7.90. The Kier molecular flexibility index (Phi) is 4.22. The minimum Gasteiger partial charge on any atom is -0.307 e. The number of anilines is 1. The number of hydrogen-bond donors (Lipinski definition) is 2. The van der Waals surface area contributed by atoms with Crippen molar-refractivity contribution in [3.63, 3.8) is 0 Å². The van der Waals surface area contributed by atoms with Crippen LogP contribution in [0.1, 0.15) is 42.0 Å². The number of hydrogen-bond acceptors (Lipinski definition) is 4. The van der Waals surface area contributed by atoms with Crippen molar-refractivity contribution in [2.45, 2.75) is 57.0 Å². The number of rotatable bonds is 4. The summed E-state index contributed by atoms with van der Waals surface area (Å²) in [6.45, 7) is 2.42. The fraction of sp³-hybridized carbons (Fsp3) is 0.444. The van der Waals surface area contributed by atoms with E-state index in [0.29, 0.717) is 6.54 Å². The van der Waals surface area contributed by atoms with Crippen LogP contribution in [-0.2, 0) is 42.3 Å². The number of aryl methyl sites for hydroxylation is 3. The van der Waals surface area contributed by atoms with E-state index in [1.54, 1.807) is 6.20 Å². The molecule has 0 saturated carbocycles. The lowest BCUT2D eigenvalue weighted by molar-refractivity contribution is 0.256. The molecule has 1 heterocycles. The number of carbonyl (C=O) groups is 1. The molecule has 7 nitrogen and oxygen atoms in total. The van der Waals surface area contributed by atoms with Crippen LogP contribution in [0, 0.1) is 0 Å². The van der Waals surface area contributed by atoms with Gasteiger partial charge in [-0.15, -0.1) is 0 Å². The fourth-order valence-electron chi connectivity index (χ4n) is 3.94. The molecule has 0 unspecified atom stereocenters. The molecule has 0 radical (unpaired) electrons. The number of benzene rings is 1. The van der Waals surface area contributed by atoms with Crippen molar-refractivity contribution in [3.8, 4) is 0 Å². The van der Waals surface area contributed by atoms with Crippen molar-refractivity contribution in [2.75, 3.05) is 5.32 Å². The Balaban J connectivity index is 1.58. The number of aromatic nitrogens is 2. The summed E-state index contributed by atoms with van der Waals surface area (Å²) in [5.74, 6) is 0. The van der Waals surface area contributed by atoms with Crippen LogP contribution in [0.5, 0.6) is 0 Å². The highest BCUT2D eigenvalue weighted by atomic mass is 32.2. The van der Waals surface area contributed by atoms with Gasteiger partial charge in [0.1, 0.15) is 0 Å². The smallest absolute Gasteiger partial charge is 0.307 e. The molecule has 2 aromatic rings. The number of amides is 2. The summed E-state index contributed by atoms with van der Waals surface area (Å²) in [6, 6.07) is 2.92. The first-order valence-electron chi connectivity index (χ1n) is 9.01. The topological polar surface area (TPSA) is 93.1 Å². The van der Waals surface area contributed by atoms with E-state index in [9.17, 15) is 13.2 Å². The monoisotopic (exact) mass is 374 g/mol. The van der Waals surface area contributed by atoms with E-state index in [-0.39, 0.29) is 5.03 Å². The van der Waals surface area contributed by atoms with E-state index in [1.165, 1.54) is 21.9 Å². The van der Waals surface area contributed by atoms with Gasteiger partial charge in [-0.05, 0) is 73.8 Å². The van der Waals surface area contributed by atoms with Crippen LogP contribution >= 0.6 is 0 Å². The molecule has 0 bridgehead atoms. The molecular weight excluding hydrogens is 352 g/mol. The minimum absolute atomic E-state index is 0.155. The van der Waals surface area contributed by atoms with E-state index in [1.807, 2.05) is 6.92 Å². The van der Waals surface area contributed by atoms with Gasteiger partial charge >= 0.3 is 6.03 Å². The summed E-state index contributed by atoms with van der Waals surface area (Å²) >= 11 is 0. The maximum absolute atomic E-state index is 12.4. The molecule has 0 saturated heterocycles. The van der Waals surface area contributed by atoms with Crippen LogP contribution in [0.4, 0.5) is 10.5 Å². The molecule has 26 heavy (non-hydrogen) atoms. The minimum atomic E-state index is -3.99. The van der Waals surface area contributed by atoms with Crippen molar-refractivity contribution in [2.24, 2.45) is 0 Å². The zero-order valence-corrected chi connectivity index (χ0v) is 15.5. The number of carbonyl (C=O) groups excluding carboxylic acids is 1. The van der Waals surface area contributed by atoms with Gasteiger partial charge in [0.25, 0.3) is 10.0 Å². The second-order valence-electron chi connectivity index (χ2n) is 6.80. The van der Waals surface area contributed by atoms with Gasteiger partial charge in [0, 0.05) is 18.4 Å². The first-order chi connectivity index (χ1) is 12.5. The average molecular weight is 374 g/mol.